The van der Waals surface area contributed by atoms with Gasteiger partial charge in [-0.05, 0) is 25.1 Å². The minimum absolute atomic E-state index is 0. The molecular weight excluding hydrogens is 324 g/mol. The fourth-order valence-corrected chi connectivity index (χ4v) is 2.44. The summed E-state index contributed by atoms with van der Waals surface area (Å²) in [6.45, 7) is 1.97. The van der Waals surface area contributed by atoms with Crippen LogP contribution in [0.4, 0.5) is 0 Å². The number of nitrogens with zero attached hydrogens (tertiary/aromatic N) is 2. The van der Waals surface area contributed by atoms with Crippen molar-refractivity contribution in [2.45, 2.75) is 6.92 Å². The third-order valence-corrected chi connectivity index (χ3v) is 3.76. The van der Waals surface area contributed by atoms with Crippen LogP contribution in [0.2, 0.25) is 0 Å². The van der Waals surface area contributed by atoms with Gasteiger partial charge in [0, 0.05) is 42.3 Å². The highest BCUT2D eigenvalue weighted by atomic mass is 35.5. The van der Waals surface area contributed by atoms with Crippen molar-refractivity contribution < 1.29 is 9.59 Å². The Morgan fingerprint density at radius 2 is 1.46 bits per heavy atom. The zero-order chi connectivity index (χ0) is 16.4. The number of halogens is 1. The molecule has 24 heavy (non-hydrogen) atoms. The van der Waals surface area contributed by atoms with Crippen molar-refractivity contribution >= 4 is 24.0 Å². The summed E-state index contributed by atoms with van der Waals surface area (Å²) in [6, 6.07) is 12.4. The van der Waals surface area contributed by atoms with Crippen LogP contribution >= 0.6 is 12.4 Å². The predicted octanol–water partition coefficient (Wildman–Crippen LogP) is 3.61. The summed E-state index contributed by atoms with van der Waals surface area (Å²) in [5.74, 6) is -0.216. The Labute approximate surface area is 146 Å². The maximum absolute atomic E-state index is 12.6. The van der Waals surface area contributed by atoms with Gasteiger partial charge in [0.1, 0.15) is 0 Å². The normalized spacial score (nSPS) is 10.1. The maximum Gasteiger partial charge on any atom is 0.209 e. The van der Waals surface area contributed by atoms with E-state index in [-0.39, 0.29) is 24.0 Å². The van der Waals surface area contributed by atoms with Crippen LogP contribution in [-0.2, 0) is 7.05 Å². The molecule has 0 N–H and O–H groups in total. The van der Waals surface area contributed by atoms with E-state index in [2.05, 4.69) is 4.98 Å². The van der Waals surface area contributed by atoms with E-state index < -0.39 is 0 Å². The first-order chi connectivity index (χ1) is 11.1. The number of carbonyl (C=O) groups is 2. The van der Waals surface area contributed by atoms with Gasteiger partial charge >= 0.3 is 0 Å². The molecule has 0 saturated carbocycles. The second-order valence-corrected chi connectivity index (χ2v) is 5.49. The Kier molecular flexibility index (Phi) is 5.31. The molecular formula is C19H17ClN2O2. The molecule has 0 radical (unpaired) electrons. The van der Waals surface area contributed by atoms with Crippen LogP contribution in [-0.4, -0.2) is 21.1 Å². The zero-order valence-corrected chi connectivity index (χ0v) is 14.2. The van der Waals surface area contributed by atoms with Crippen LogP contribution in [0.5, 0.6) is 0 Å². The van der Waals surface area contributed by atoms with Gasteiger partial charge in [-0.15, -0.1) is 12.4 Å². The first-order valence-corrected chi connectivity index (χ1v) is 7.29. The first-order valence-electron chi connectivity index (χ1n) is 7.29. The SMILES string of the molecule is Cc1ccc(C(=O)c2cc(C(=O)c3ccncc3)cn2C)cc1.Cl. The average Bonchev–Trinajstić information content (AvgIpc) is 2.97. The molecule has 0 aliphatic rings. The van der Waals surface area contributed by atoms with Gasteiger partial charge < -0.3 is 4.57 Å². The van der Waals surface area contributed by atoms with Gasteiger partial charge in [0.05, 0.1) is 5.69 Å². The largest absolute Gasteiger partial charge is 0.347 e. The molecule has 2 aromatic heterocycles. The Balaban J connectivity index is 0.00000208. The smallest absolute Gasteiger partial charge is 0.209 e. The van der Waals surface area contributed by atoms with E-state index in [1.807, 2.05) is 19.1 Å². The Bertz CT molecular complexity index is 868. The standard InChI is InChI=1S/C19H16N2O2.ClH/c1-13-3-5-14(6-4-13)19(23)17-11-16(12-21(17)2)18(22)15-7-9-20-10-8-15;/h3-12H,1-2H3;1H. The molecule has 0 aliphatic carbocycles. The lowest BCUT2D eigenvalue weighted by Gasteiger charge is -2.02. The molecule has 5 heteroatoms. The van der Waals surface area contributed by atoms with Crippen LogP contribution in [0.3, 0.4) is 0 Å². The van der Waals surface area contributed by atoms with Gasteiger partial charge in [0.15, 0.2) is 5.78 Å². The van der Waals surface area contributed by atoms with Crippen molar-refractivity contribution in [1.82, 2.24) is 9.55 Å². The van der Waals surface area contributed by atoms with Crippen molar-refractivity contribution in [1.29, 1.82) is 0 Å². The van der Waals surface area contributed by atoms with Gasteiger partial charge in [0.2, 0.25) is 5.78 Å². The first kappa shape index (κ1) is 17.6. The molecule has 2 heterocycles. The van der Waals surface area contributed by atoms with Crippen molar-refractivity contribution in [2.24, 2.45) is 7.05 Å². The Morgan fingerprint density at radius 3 is 2.08 bits per heavy atom. The zero-order valence-electron chi connectivity index (χ0n) is 13.4. The minimum Gasteiger partial charge on any atom is -0.347 e. The molecule has 0 aliphatic heterocycles. The topological polar surface area (TPSA) is 52.0 Å². The molecule has 0 bridgehead atoms. The number of rotatable bonds is 4. The van der Waals surface area contributed by atoms with Crippen LogP contribution in [0.15, 0.2) is 61.1 Å². The van der Waals surface area contributed by atoms with Crippen LogP contribution in [0.1, 0.15) is 37.5 Å². The highest BCUT2D eigenvalue weighted by Gasteiger charge is 2.18. The summed E-state index contributed by atoms with van der Waals surface area (Å²) in [4.78, 5) is 29.0. The third-order valence-electron chi connectivity index (χ3n) is 3.76. The molecule has 3 rings (SSSR count). The van der Waals surface area contributed by atoms with E-state index >= 15 is 0 Å². The molecule has 0 amide bonds. The number of benzene rings is 1. The van der Waals surface area contributed by atoms with Crippen molar-refractivity contribution in [2.75, 3.05) is 0 Å². The van der Waals surface area contributed by atoms with Crippen molar-refractivity contribution in [3.8, 4) is 0 Å². The van der Waals surface area contributed by atoms with Crippen molar-refractivity contribution in [3.63, 3.8) is 0 Å². The lowest BCUT2D eigenvalue weighted by atomic mass is 10.0. The highest BCUT2D eigenvalue weighted by molar-refractivity contribution is 6.13. The molecule has 0 atom stereocenters. The summed E-state index contributed by atoms with van der Waals surface area (Å²) in [6.07, 6.45) is 4.84. The molecule has 0 unspecified atom stereocenters. The second kappa shape index (κ2) is 7.23. The average molecular weight is 341 g/mol. The molecule has 4 nitrogen and oxygen atoms in total. The summed E-state index contributed by atoms with van der Waals surface area (Å²) in [5, 5.41) is 0. The number of carbonyl (C=O) groups excluding carboxylic acids is 2. The van der Waals surface area contributed by atoms with Gasteiger partial charge in [0.25, 0.3) is 0 Å². The maximum atomic E-state index is 12.6. The molecule has 0 spiro atoms. The van der Waals surface area contributed by atoms with Gasteiger partial charge in [-0.3, -0.25) is 14.6 Å². The van der Waals surface area contributed by atoms with E-state index in [0.29, 0.717) is 22.4 Å². The van der Waals surface area contributed by atoms with Crippen LogP contribution in [0, 0.1) is 6.92 Å². The molecule has 3 aromatic rings. The summed E-state index contributed by atoms with van der Waals surface area (Å²) in [5.41, 5.74) is 3.25. The lowest BCUT2D eigenvalue weighted by molar-refractivity contribution is 0.102. The number of hydrogen-bond donors (Lipinski definition) is 0. The monoisotopic (exact) mass is 340 g/mol. The van der Waals surface area contributed by atoms with Crippen LogP contribution in [0.25, 0.3) is 0 Å². The third kappa shape index (κ3) is 3.44. The summed E-state index contributed by atoms with van der Waals surface area (Å²) < 4.78 is 1.69. The van der Waals surface area contributed by atoms with Gasteiger partial charge in [-0.1, -0.05) is 29.8 Å². The molecule has 0 fully saturated rings. The minimum atomic E-state index is -0.119. The predicted molar refractivity (Wildman–Crippen MR) is 94.9 cm³/mol. The molecule has 1 aromatic carbocycles. The second-order valence-electron chi connectivity index (χ2n) is 5.49. The highest BCUT2D eigenvalue weighted by Crippen LogP contribution is 2.16. The lowest BCUT2D eigenvalue weighted by Crippen LogP contribution is -2.06. The molecule has 0 saturated heterocycles. The van der Waals surface area contributed by atoms with E-state index in [1.54, 1.807) is 60.5 Å². The van der Waals surface area contributed by atoms with E-state index in [1.165, 1.54) is 0 Å². The van der Waals surface area contributed by atoms with Crippen LogP contribution < -0.4 is 0 Å². The van der Waals surface area contributed by atoms with Gasteiger partial charge in [-0.25, -0.2) is 0 Å². The van der Waals surface area contributed by atoms with Crippen molar-refractivity contribution in [3.05, 3.63) is 89.0 Å². The number of aromatic nitrogens is 2. The number of aryl methyl sites for hydroxylation is 2. The van der Waals surface area contributed by atoms with Gasteiger partial charge in [-0.2, -0.15) is 0 Å². The Hall–Kier alpha value is -2.72. The quantitative estimate of drug-likeness (QED) is 0.682. The Morgan fingerprint density at radius 1 is 0.875 bits per heavy atom. The number of pyridine rings is 1. The summed E-state index contributed by atoms with van der Waals surface area (Å²) in [7, 11) is 1.77. The molecule has 122 valence electrons. The van der Waals surface area contributed by atoms with E-state index in [9.17, 15) is 9.59 Å². The van der Waals surface area contributed by atoms with E-state index in [4.69, 9.17) is 0 Å². The number of hydrogen-bond acceptors (Lipinski definition) is 3. The number of ketones is 2. The van der Waals surface area contributed by atoms with E-state index in [0.717, 1.165) is 5.56 Å². The fourth-order valence-electron chi connectivity index (χ4n) is 2.44. The fraction of sp³-hybridized carbons (Fsp3) is 0.105. The summed E-state index contributed by atoms with van der Waals surface area (Å²) >= 11 is 0.